The average molecular weight is 457 g/mol. The average Bonchev–Trinajstić information content (AvgIpc) is 2.71. The number of carboxylic acid groups (broad SMARTS) is 2. The van der Waals surface area contributed by atoms with Gasteiger partial charge in [0, 0.05) is 12.5 Å². The molecule has 0 amide bonds. The fourth-order valence-corrected chi connectivity index (χ4v) is 3.61. The number of sulfonamides is 1. The summed E-state index contributed by atoms with van der Waals surface area (Å²) in [6, 6.07) is 5.24. The zero-order valence-electron chi connectivity index (χ0n) is 16.5. The third kappa shape index (κ3) is 5.98. The summed E-state index contributed by atoms with van der Waals surface area (Å²) >= 11 is 0. The van der Waals surface area contributed by atoms with E-state index in [0.29, 0.717) is 6.07 Å². The van der Waals surface area contributed by atoms with E-state index in [9.17, 15) is 27.5 Å². The van der Waals surface area contributed by atoms with Gasteiger partial charge in [0.05, 0.1) is 31.3 Å². The van der Waals surface area contributed by atoms with Crippen LogP contribution in [0.15, 0.2) is 35.2 Å². The fraction of sp³-hybridized carbons (Fsp3) is 0.263. The van der Waals surface area contributed by atoms with Crippen molar-refractivity contribution in [2.24, 2.45) is 0 Å². The van der Waals surface area contributed by atoms with Gasteiger partial charge in [-0.15, -0.1) is 0 Å². The van der Waals surface area contributed by atoms with Gasteiger partial charge in [0.1, 0.15) is 17.2 Å². The fourth-order valence-electron chi connectivity index (χ4n) is 2.51. The Morgan fingerprint density at radius 3 is 2.32 bits per heavy atom. The lowest BCUT2D eigenvalue weighted by atomic mass is 10.1. The van der Waals surface area contributed by atoms with E-state index in [1.165, 1.54) is 20.3 Å². The number of carboxylic acids is 2. The maximum absolute atomic E-state index is 14.3. The van der Waals surface area contributed by atoms with Crippen LogP contribution >= 0.6 is 0 Å². The highest BCUT2D eigenvalue weighted by Gasteiger charge is 2.24. The quantitative estimate of drug-likeness (QED) is 0.433. The van der Waals surface area contributed by atoms with E-state index in [0.717, 1.165) is 18.2 Å². The summed E-state index contributed by atoms with van der Waals surface area (Å²) in [5.41, 5.74) is -0.788. The van der Waals surface area contributed by atoms with Crippen molar-refractivity contribution in [3.05, 3.63) is 41.7 Å². The number of nitrogens with one attached hydrogen (secondary N) is 1. The summed E-state index contributed by atoms with van der Waals surface area (Å²) in [6.45, 7) is -0.0708. The largest absolute Gasteiger partial charge is 0.497 e. The van der Waals surface area contributed by atoms with E-state index in [1.807, 2.05) is 0 Å². The summed E-state index contributed by atoms with van der Waals surface area (Å²) in [7, 11) is -1.88. The molecule has 10 nitrogen and oxygen atoms in total. The highest BCUT2D eigenvalue weighted by molar-refractivity contribution is 7.92. The van der Waals surface area contributed by atoms with Crippen LogP contribution in [0.5, 0.6) is 17.2 Å². The van der Waals surface area contributed by atoms with Gasteiger partial charge in [0.15, 0.2) is 11.6 Å². The van der Waals surface area contributed by atoms with Crippen LogP contribution in [0.4, 0.5) is 10.1 Å². The van der Waals surface area contributed by atoms with Gasteiger partial charge in [-0.2, -0.15) is 0 Å². The summed E-state index contributed by atoms with van der Waals surface area (Å²) in [6.07, 6.45) is -0.0147. The first kappa shape index (κ1) is 23.7. The first-order valence-corrected chi connectivity index (χ1v) is 10.2. The lowest BCUT2D eigenvalue weighted by Gasteiger charge is -2.16. The second kappa shape index (κ2) is 9.98. The molecule has 0 saturated carbocycles. The summed E-state index contributed by atoms with van der Waals surface area (Å²) in [5, 5.41) is 18.0. The Labute approximate surface area is 177 Å². The zero-order valence-corrected chi connectivity index (χ0v) is 17.4. The Hall–Kier alpha value is -3.54. The molecule has 0 spiro atoms. The van der Waals surface area contributed by atoms with E-state index < -0.39 is 38.2 Å². The number of hydrogen-bond donors (Lipinski definition) is 3. The van der Waals surface area contributed by atoms with Gasteiger partial charge in [-0.3, -0.25) is 9.52 Å². The Morgan fingerprint density at radius 2 is 1.77 bits per heavy atom. The standard InChI is InChI=1S/C19H20FNO9S/c1-28-11-8-13(19(24)25)18(16(9-11)29-2)21-31(26,27)12-5-6-15(14(20)10-12)30-7-3-4-17(22)23/h5-6,8-10,21H,3-4,7H2,1-2H3,(H,22,23)(H,24,25). The molecule has 0 fully saturated rings. The molecule has 0 atom stereocenters. The van der Waals surface area contributed by atoms with Crippen LogP contribution in [-0.2, 0) is 14.8 Å². The van der Waals surface area contributed by atoms with Gasteiger partial charge in [-0.25, -0.2) is 17.6 Å². The van der Waals surface area contributed by atoms with Crippen LogP contribution in [0.25, 0.3) is 0 Å². The van der Waals surface area contributed by atoms with Crippen molar-refractivity contribution in [3.63, 3.8) is 0 Å². The van der Waals surface area contributed by atoms with Crippen molar-refractivity contribution in [1.29, 1.82) is 0 Å². The molecule has 2 aromatic rings. The van der Waals surface area contributed by atoms with E-state index in [-0.39, 0.29) is 42.4 Å². The number of aromatic carboxylic acids is 1. The predicted octanol–water partition coefficient (Wildman–Crippen LogP) is 2.59. The van der Waals surface area contributed by atoms with Gasteiger partial charge in [0.2, 0.25) is 0 Å². The third-order valence-electron chi connectivity index (χ3n) is 4.00. The number of anilines is 1. The third-order valence-corrected chi connectivity index (χ3v) is 5.35. The first-order chi connectivity index (χ1) is 14.6. The molecule has 12 heteroatoms. The van der Waals surface area contributed by atoms with Crippen molar-refractivity contribution in [3.8, 4) is 17.2 Å². The Morgan fingerprint density at radius 1 is 1.06 bits per heavy atom. The highest BCUT2D eigenvalue weighted by Crippen LogP contribution is 2.35. The van der Waals surface area contributed by atoms with Crippen LogP contribution < -0.4 is 18.9 Å². The second-order valence-corrected chi connectivity index (χ2v) is 7.78. The van der Waals surface area contributed by atoms with Gasteiger partial charge in [0.25, 0.3) is 10.0 Å². The van der Waals surface area contributed by atoms with E-state index >= 15 is 0 Å². The van der Waals surface area contributed by atoms with E-state index in [1.54, 1.807) is 0 Å². The highest BCUT2D eigenvalue weighted by atomic mass is 32.2. The molecule has 0 aromatic heterocycles. The summed E-state index contributed by atoms with van der Waals surface area (Å²) in [4.78, 5) is 21.6. The molecular weight excluding hydrogens is 437 g/mol. The minimum Gasteiger partial charge on any atom is -0.497 e. The molecule has 0 aliphatic carbocycles. The second-order valence-electron chi connectivity index (χ2n) is 6.10. The van der Waals surface area contributed by atoms with Crippen LogP contribution in [0.1, 0.15) is 23.2 Å². The van der Waals surface area contributed by atoms with Crippen molar-refractivity contribution in [1.82, 2.24) is 0 Å². The molecule has 31 heavy (non-hydrogen) atoms. The lowest BCUT2D eigenvalue weighted by molar-refractivity contribution is -0.137. The molecule has 168 valence electrons. The monoisotopic (exact) mass is 457 g/mol. The molecule has 0 aliphatic rings. The van der Waals surface area contributed by atoms with Crippen molar-refractivity contribution >= 4 is 27.6 Å². The van der Waals surface area contributed by atoms with E-state index in [4.69, 9.17) is 19.3 Å². The van der Waals surface area contributed by atoms with Crippen LogP contribution in [0.3, 0.4) is 0 Å². The van der Waals surface area contributed by atoms with Gasteiger partial charge >= 0.3 is 11.9 Å². The molecule has 2 aromatic carbocycles. The zero-order chi connectivity index (χ0) is 23.2. The topological polar surface area (TPSA) is 148 Å². The molecule has 0 unspecified atom stereocenters. The van der Waals surface area contributed by atoms with Crippen molar-refractivity contribution in [2.45, 2.75) is 17.7 Å². The van der Waals surface area contributed by atoms with Crippen molar-refractivity contribution < 1.29 is 46.8 Å². The van der Waals surface area contributed by atoms with Crippen LogP contribution in [0.2, 0.25) is 0 Å². The Balaban J connectivity index is 2.31. The number of rotatable bonds is 11. The minimum atomic E-state index is -4.40. The van der Waals surface area contributed by atoms with Crippen LogP contribution in [-0.4, -0.2) is 51.4 Å². The Bertz CT molecular complexity index is 1090. The molecule has 0 radical (unpaired) electrons. The maximum atomic E-state index is 14.3. The summed E-state index contributed by atoms with van der Waals surface area (Å²) < 4.78 is 57.0. The van der Waals surface area contributed by atoms with Crippen molar-refractivity contribution in [2.75, 3.05) is 25.5 Å². The number of aliphatic carboxylic acids is 1. The predicted molar refractivity (Wildman–Crippen MR) is 106 cm³/mol. The minimum absolute atomic E-state index is 0.0708. The van der Waals surface area contributed by atoms with Gasteiger partial charge in [-0.1, -0.05) is 0 Å². The smallest absolute Gasteiger partial charge is 0.338 e. The SMILES string of the molecule is COc1cc(OC)c(NS(=O)(=O)c2ccc(OCCCC(=O)O)c(F)c2)c(C(=O)O)c1. The summed E-state index contributed by atoms with van der Waals surface area (Å²) in [5.74, 6) is -3.68. The maximum Gasteiger partial charge on any atom is 0.338 e. The molecular formula is C19H20FNO9S. The number of hydrogen-bond acceptors (Lipinski definition) is 7. The molecule has 0 aliphatic heterocycles. The number of halogens is 1. The molecule has 0 saturated heterocycles. The van der Waals surface area contributed by atoms with Gasteiger partial charge in [-0.05, 0) is 30.7 Å². The van der Waals surface area contributed by atoms with Gasteiger partial charge < -0.3 is 24.4 Å². The lowest BCUT2D eigenvalue weighted by Crippen LogP contribution is -2.17. The molecule has 0 bridgehead atoms. The first-order valence-electron chi connectivity index (χ1n) is 8.75. The van der Waals surface area contributed by atoms with E-state index in [2.05, 4.69) is 4.72 Å². The molecule has 3 N–H and O–H groups in total. The number of carbonyl (C=O) groups is 2. The molecule has 0 heterocycles. The number of ether oxygens (including phenoxy) is 3. The number of methoxy groups -OCH3 is 2. The normalized spacial score (nSPS) is 10.9. The number of benzene rings is 2. The Kier molecular flexibility index (Phi) is 7.64. The molecule has 2 rings (SSSR count). The van der Waals surface area contributed by atoms with Crippen LogP contribution in [0, 0.1) is 5.82 Å².